The molecular formula is C12H16N2O3S. The lowest BCUT2D eigenvalue weighted by Crippen LogP contribution is -2.20. The van der Waals surface area contributed by atoms with Gasteiger partial charge in [0.15, 0.2) is 9.84 Å². The van der Waals surface area contributed by atoms with Crippen LogP contribution in [0.1, 0.15) is 6.92 Å². The van der Waals surface area contributed by atoms with Gasteiger partial charge >= 0.3 is 0 Å². The summed E-state index contributed by atoms with van der Waals surface area (Å²) in [5.41, 5.74) is 7.12. The summed E-state index contributed by atoms with van der Waals surface area (Å²) < 4.78 is 27.9. The van der Waals surface area contributed by atoms with E-state index >= 15 is 0 Å². The quantitative estimate of drug-likeness (QED) is 0.806. The van der Waals surface area contributed by atoms with Crippen molar-refractivity contribution in [3.8, 4) is 5.75 Å². The fourth-order valence-electron chi connectivity index (χ4n) is 1.78. The Morgan fingerprint density at radius 3 is 2.89 bits per heavy atom. The predicted molar refractivity (Wildman–Crippen MR) is 72.4 cm³/mol. The standard InChI is InChI=1S/C12H16N2O3S/c1-2-17-12-7-9(3-4-11(12)13)14-10-5-6-18(15,16)8-10/h3-7,10,14H,2,8,13H2,1H3. The minimum Gasteiger partial charge on any atom is -0.492 e. The van der Waals surface area contributed by atoms with E-state index in [2.05, 4.69) is 5.32 Å². The fourth-order valence-corrected chi connectivity index (χ4v) is 3.02. The minimum absolute atomic E-state index is 0.0847. The Balaban J connectivity index is 2.11. The zero-order valence-electron chi connectivity index (χ0n) is 10.1. The Labute approximate surface area is 107 Å². The average molecular weight is 268 g/mol. The number of sulfone groups is 1. The van der Waals surface area contributed by atoms with E-state index in [0.717, 1.165) is 5.69 Å². The van der Waals surface area contributed by atoms with E-state index < -0.39 is 9.84 Å². The van der Waals surface area contributed by atoms with Crippen molar-refractivity contribution in [3.05, 3.63) is 29.7 Å². The van der Waals surface area contributed by atoms with Gasteiger partial charge in [0.05, 0.1) is 24.1 Å². The van der Waals surface area contributed by atoms with Crippen molar-refractivity contribution in [2.45, 2.75) is 13.0 Å². The van der Waals surface area contributed by atoms with Crippen molar-refractivity contribution in [3.63, 3.8) is 0 Å². The summed E-state index contributed by atoms with van der Waals surface area (Å²) in [4.78, 5) is 0. The largest absolute Gasteiger partial charge is 0.492 e. The molecule has 1 aliphatic rings. The number of nitrogen functional groups attached to an aromatic ring is 1. The average Bonchev–Trinajstić information content (AvgIpc) is 2.63. The minimum atomic E-state index is -3.04. The van der Waals surface area contributed by atoms with Gasteiger partial charge in [-0.25, -0.2) is 8.42 Å². The first-order valence-electron chi connectivity index (χ1n) is 5.70. The van der Waals surface area contributed by atoms with Gasteiger partial charge in [0.1, 0.15) is 5.75 Å². The molecule has 1 unspecified atom stereocenters. The highest BCUT2D eigenvalue weighted by Gasteiger charge is 2.21. The van der Waals surface area contributed by atoms with Gasteiger partial charge in [0.25, 0.3) is 0 Å². The number of hydrogen-bond acceptors (Lipinski definition) is 5. The summed E-state index contributed by atoms with van der Waals surface area (Å²) in [7, 11) is -3.04. The maximum atomic E-state index is 11.3. The molecule has 18 heavy (non-hydrogen) atoms. The lowest BCUT2D eigenvalue weighted by atomic mass is 10.2. The van der Waals surface area contributed by atoms with Crippen molar-refractivity contribution in [1.82, 2.24) is 0 Å². The zero-order chi connectivity index (χ0) is 13.2. The lowest BCUT2D eigenvalue weighted by molar-refractivity contribution is 0.342. The molecule has 0 aromatic heterocycles. The third-order valence-corrected chi connectivity index (χ3v) is 3.99. The molecule has 1 heterocycles. The van der Waals surface area contributed by atoms with E-state index in [-0.39, 0.29) is 11.8 Å². The Hall–Kier alpha value is -1.69. The number of benzene rings is 1. The van der Waals surface area contributed by atoms with Crippen LogP contribution in [0.25, 0.3) is 0 Å². The summed E-state index contributed by atoms with van der Waals surface area (Å²) in [6.07, 6.45) is 1.64. The molecule has 0 bridgehead atoms. The molecular weight excluding hydrogens is 252 g/mol. The van der Waals surface area contributed by atoms with Crippen LogP contribution in [0.5, 0.6) is 5.75 Å². The van der Waals surface area contributed by atoms with Crippen LogP contribution in [-0.2, 0) is 9.84 Å². The first-order valence-corrected chi connectivity index (χ1v) is 7.41. The van der Waals surface area contributed by atoms with Crippen molar-refractivity contribution >= 4 is 21.2 Å². The van der Waals surface area contributed by atoms with Gasteiger partial charge in [-0.15, -0.1) is 0 Å². The summed E-state index contributed by atoms with van der Waals surface area (Å²) in [6, 6.07) is 5.11. The normalized spacial score (nSPS) is 20.8. The van der Waals surface area contributed by atoms with Crippen LogP contribution in [0.3, 0.4) is 0 Å². The zero-order valence-corrected chi connectivity index (χ0v) is 10.9. The third-order valence-electron chi connectivity index (χ3n) is 2.60. The number of anilines is 2. The van der Waals surface area contributed by atoms with E-state index in [1.807, 2.05) is 6.92 Å². The molecule has 0 spiro atoms. The lowest BCUT2D eigenvalue weighted by Gasteiger charge is -2.14. The summed E-state index contributed by atoms with van der Waals surface area (Å²) in [5.74, 6) is 0.689. The topological polar surface area (TPSA) is 81.4 Å². The highest BCUT2D eigenvalue weighted by Crippen LogP contribution is 2.26. The highest BCUT2D eigenvalue weighted by atomic mass is 32.2. The van der Waals surface area contributed by atoms with Crippen LogP contribution in [0.15, 0.2) is 29.7 Å². The maximum Gasteiger partial charge on any atom is 0.173 e. The van der Waals surface area contributed by atoms with Gasteiger partial charge in [-0.1, -0.05) is 6.08 Å². The maximum absolute atomic E-state index is 11.3. The monoisotopic (exact) mass is 268 g/mol. The molecule has 0 amide bonds. The molecule has 0 saturated carbocycles. The Kier molecular flexibility index (Phi) is 3.47. The molecule has 1 atom stereocenters. The summed E-state index contributed by atoms with van der Waals surface area (Å²) in [6.45, 7) is 2.41. The predicted octanol–water partition coefficient (Wildman–Crippen LogP) is 1.39. The molecule has 6 heteroatoms. The second-order valence-corrected chi connectivity index (χ2v) is 6.03. The van der Waals surface area contributed by atoms with Gasteiger partial charge in [-0.05, 0) is 19.1 Å². The summed E-state index contributed by atoms with van der Waals surface area (Å²) in [5, 5.41) is 4.36. The van der Waals surface area contributed by atoms with Crippen molar-refractivity contribution in [1.29, 1.82) is 0 Å². The molecule has 5 nitrogen and oxygen atoms in total. The summed E-state index contributed by atoms with van der Waals surface area (Å²) >= 11 is 0. The van der Waals surface area contributed by atoms with E-state index in [4.69, 9.17) is 10.5 Å². The Morgan fingerprint density at radius 2 is 2.28 bits per heavy atom. The number of ether oxygens (including phenoxy) is 1. The Morgan fingerprint density at radius 1 is 1.50 bits per heavy atom. The van der Waals surface area contributed by atoms with E-state index in [1.54, 1.807) is 24.3 Å². The number of rotatable bonds is 4. The molecule has 0 saturated heterocycles. The smallest absolute Gasteiger partial charge is 0.173 e. The molecule has 0 fully saturated rings. The fraction of sp³-hybridized carbons (Fsp3) is 0.333. The van der Waals surface area contributed by atoms with Crippen LogP contribution in [-0.4, -0.2) is 26.8 Å². The van der Waals surface area contributed by atoms with Gasteiger partial charge in [-0.3, -0.25) is 0 Å². The SMILES string of the molecule is CCOc1cc(NC2C=CS(=O)(=O)C2)ccc1N. The first-order chi connectivity index (χ1) is 8.50. The second-order valence-electron chi connectivity index (χ2n) is 4.09. The van der Waals surface area contributed by atoms with Crippen LogP contribution < -0.4 is 15.8 Å². The van der Waals surface area contributed by atoms with Gasteiger partial charge in [0, 0.05) is 17.2 Å². The molecule has 2 rings (SSSR count). The number of nitrogens with one attached hydrogen (secondary N) is 1. The van der Waals surface area contributed by atoms with Gasteiger partial charge in [-0.2, -0.15) is 0 Å². The van der Waals surface area contributed by atoms with E-state index in [9.17, 15) is 8.42 Å². The second kappa shape index (κ2) is 4.89. The van der Waals surface area contributed by atoms with E-state index in [0.29, 0.717) is 18.0 Å². The number of nitrogens with two attached hydrogens (primary N) is 1. The molecule has 0 radical (unpaired) electrons. The van der Waals surface area contributed by atoms with Crippen molar-refractivity contribution in [2.75, 3.05) is 23.4 Å². The molecule has 1 aromatic rings. The van der Waals surface area contributed by atoms with Crippen LogP contribution in [0.2, 0.25) is 0 Å². The van der Waals surface area contributed by atoms with Gasteiger partial charge in [0.2, 0.25) is 0 Å². The number of hydrogen-bond donors (Lipinski definition) is 2. The van der Waals surface area contributed by atoms with Crippen LogP contribution >= 0.6 is 0 Å². The van der Waals surface area contributed by atoms with Crippen LogP contribution in [0.4, 0.5) is 11.4 Å². The Bertz CT molecular complexity index is 567. The highest BCUT2D eigenvalue weighted by molar-refractivity contribution is 7.94. The van der Waals surface area contributed by atoms with Crippen molar-refractivity contribution < 1.29 is 13.2 Å². The molecule has 3 N–H and O–H groups in total. The van der Waals surface area contributed by atoms with E-state index in [1.165, 1.54) is 5.41 Å². The molecule has 1 aliphatic heterocycles. The third kappa shape index (κ3) is 2.95. The van der Waals surface area contributed by atoms with Crippen molar-refractivity contribution in [2.24, 2.45) is 0 Å². The molecule has 1 aromatic carbocycles. The van der Waals surface area contributed by atoms with Gasteiger partial charge < -0.3 is 15.8 Å². The first kappa shape index (κ1) is 12.8. The van der Waals surface area contributed by atoms with Crippen LogP contribution in [0, 0.1) is 0 Å². The molecule has 0 aliphatic carbocycles. The molecule has 98 valence electrons.